The highest BCUT2D eigenvalue weighted by Gasteiger charge is 2.37. The minimum atomic E-state index is -4.49. The van der Waals surface area contributed by atoms with E-state index in [1.54, 1.807) is 6.08 Å². The van der Waals surface area contributed by atoms with Crippen LogP contribution in [0.15, 0.2) is 47.6 Å². The van der Waals surface area contributed by atoms with Crippen LogP contribution in [0.2, 0.25) is 0 Å². The van der Waals surface area contributed by atoms with E-state index in [1.165, 1.54) is 23.1 Å². The zero-order valence-electron chi connectivity index (χ0n) is 14.2. The number of nitrogens with two attached hydrogens (primary N) is 1. The molecule has 144 valence electrons. The number of alkyl halides is 3. The predicted octanol–water partition coefficient (Wildman–Crippen LogP) is 2.42. The summed E-state index contributed by atoms with van der Waals surface area (Å²) in [7, 11) is 0. The molecule has 27 heavy (non-hydrogen) atoms. The van der Waals surface area contributed by atoms with Gasteiger partial charge in [0, 0.05) is 25.2 Å². The molecular formula is C18H18F3N3O3. The van der Waals surface area contributed by atoms with E-state index >= 15 is 0 Å². The highest BCUT2D eigenvalue weighted by molar-refractivity contribution is 5.90. The Bertz CT molecular complexity index is 848. The molecule has 6 nitrogen and oxygen atoms in total. The summed E-state index contributed by atoms with van der Waals surface area (Å²) in [4.78, 5) is 25.2. The van der Waals surface area contributed by atoms with Crippen LogP contribution in [0.25, 0.3) is 0 Å². The van der Waals surface area contributed by atoms with Crippen LogP contribution in [-0.4, -0.2) is 40.6 Å². The number of hydrogen-bond donors (Lipinski definition) is 3. The number of rotatable bonds is 2. The molecule has 0 saturated heterocycles. The van der Waals surface area contributed by atoms with Crippen LogP contribution in [0.3, 0.4) is 0 Å². The van der Waals surface area contributed by atoms with Gasteiger partial charge in [0.2, 0.25) is 0 Å². The summed E-state index contributed by atoms with van der Waals surface area (Å²) in [6.07, 6.45) is -1.10. The van der Waals surface area contributed by atoms with Crippen LogP contribution in [0, 0.1) is 0 Å². The minimum Gasteiger partial charge on any atom is -0.376 e. The van der Waals surface area contributed by atoms with Crippen molar-refractivity contribution < 1.29 is 27.9 Å². The first kappa shape index (κ1) is 19.0. The number of amides is 3. The average molecular weight is 381 g/mol. The molecule has 2 aliphatic rings. The second-order valence-electron chi connectivity index (χ2n) is 6.61. The number of aliphatic hydroxyl groups is 1. The first-order valence-electron chi connectivity index (χ1n) is 8.24. The van der Waals surface area contributed by atoms with Crippen molar-refractivity contribution in [2.75, 3.05) is 18.4 Å². The van der Waals surface area contributed by atoms with Crippen LogP contribution in [0.1, 0.15) is 18.4 Å². The number of carbonyl (C=O) groups is 2. The largest absolute Gasteiger partial charge is 0.416 e. The highest BCUT2D eigenvalue weighted by atomic mass is 19.4. The van der Waals surface area contributed by atoms with Gasteiger partial charge in [-0.2, -0.15) is 13.2 Å². The lowest BCUT2D eigenvalue weighted by Crippen LogP contribution is -2.46. The van der Waals surface area contributed by atoms with Crippen LogP contribution in [-0.2, 0) is 11.0 Å². The number of nitrogens with zero attached hydrogens (tertiary/aromatic N) is 1. The molecule has 1 aromatic rings. The number of halogens is 3. The van der Waals surface area contributed by atoms with Gasteiger partial charge in [-0.25, -0.2) is 4.79 Å². The normalized spacial score (nSPS) is 22.4. The van der Waals surface area contributed by atoms with Crippen molar-refractivity contribution in [1.29, 1.82) is 0 Å². The Hall–Kier alpha value is -2.81. The third-order valence-electron chi connectivity index (χ3n) is 4.70. The van der Waals surface area contributed by atoms with Gasteiger partial charge in [0.15, 0.2) is 5.60 Å². The van der Waals surface area contributed by atoms with Crippen molar-refractivity contribution in [3.63, 3.8) is 0 Å². The Labute approximate surface area is 153 Å². The lowest BCUT2D eigenvalue weighted by molar-refractivity contribution is -0.137. The second-order valence-corrected chi connectivity index (χ2v) is 6.61. The maximum absolute atomic E-state index is 12.8. The fourth-order valence-electron chi connectivity index (χ4n) is 3.14. The van der Waals surface area contributed by atoms with Gasteiger partial charge in [0.05, 0.1) is 5.56 Å². The predicted molar refractivity (Wildman–Crippen MR) is 91.6 cm³/mol. The van der Waals surface area contributed by atoms with Gasteiger partial charge in [-0.15, -0.1) is 0 Å². The molecule has 1 aliphatic carbocycles. The van der Waals surface area contributed by atoms with E-state index in [0.717, 1.165) is 23.3 Å². The lowest BCUT2D eigenvalue weighted by Gasteiger charge is -2.35. The van der Waals surface area contributed by atoms with Crippen molar-refractivity contribution in [3.05, 3.63) is 53.1 Å². The molecule has 0 bridgehead atoms. The molecule has 1 heterocycles. The maximum atomic E-state index is 12.8. The molecule has 3 amide bonds. The van der Waals surface area contributed by atoms with E-state index in [1.807, 2.05) is 0 Å². The van der Waals surface area contributed by atoms with Gasteiger partial charge in [0.25, 0.3) is 5.91 Å². The zero-order chi connectivity index (χ0) is 19.8. The van der Waals surface area contributed by atoms with E-state index in [4.69, 9.17) is 5.73 Å². The van der Waals surface area contributed by atoms with Gasteiger partial charge < -0.3 is 21.1 Å². The summed E-state index contributed by atoms with van der Waals surface area (Å²) < 4.78 is 38.3. The van der Waals surface area contributed by atoms with Crippen molar-refractivity contribution in [2.24, 2.45) is 5.73 Å². The molecule has 0 aromatic heterocycles. The Kier molecular flexibility index (Phi) is 4.73. The minimum absolute atomic E-state index is 0.0527. The first-order chi connectivity index (χ1) is 12.6. The van der Waals surface area contributed by atoms with E-state index in [9.17, 15) is 27.9 Å². The van der Waals surface area contributed by atoms with Gasteiger partial charge >= 0.3 is 12.2 Å². The Morgan fingerprint density at radius 2 is 2.04 bits per heavy atom. The molecule has 3 rings (SSSR count). The molecule has 1 unspecified atom stereocenters. The number of urea groups is 1. The molecular weight excluding hydrogens is 363 g/mol. The summed E-state index contributed by atoms with van der Waals surface area (Å²) in [5.74, 6) is -0.838. The smallest absolute Gasteiger partial charge is 0.376 e. The second kappa shape index (κ2) is 6.73. The number of benzene rings is 1. The standard InChI is InChI=1S/C18H18F3N3O3/c19-18(20,21)13-2-1-3-14(8-13)23-16(26)24-7-5-11-9-17(27,15(22)25)6-4-12(11)10-24/h1-4,6,8,27H,5,7,9-10H2,(H2,22,25)(H,23,26). The Balaban J connectivity index is 1.68. The number of carbonyl (C=O) groups excluding carboxylic acids is 2. The molecule has 0 spiro atoms. The number of primary amides is 1. The molecule has 1 aromatic carbocycles. The SMILES string of the molecule is NC(=O)C1(O)C=CC2=C(CCN(C(=O)Nc3cccc(C(F)(F)F)c3)C2)C1. The van der Waals surface area contributed by atoms with Crippen LogP contribution in [0.5, 0.6) is 0 Å². The van der Waals surface area contributed by atoms with Crippen LogP contribution < -0.4 is 11.1 Å². The third-order valence-corrected chi connectivity index (χ3v) is 4.70. The summed E-state index contributed by atoms with van der Waals surface area (Å²) in [5, 5.41) is 12.6. The van der Waals surface area contributed by atoms with E-state index in [-0.39, 0.29) is 18.7 Å². The average Bonchev–Trinajstić information content (AvgIpc) is 2.60. The number of nitrogens with one attached hydrogen (secondary N) is 1. The molecule has 4 N–H and O–H groups in total. The highest BCUT2D eigenvalue weighted by Crippen LogP contribution is 2.33. The molecule has 1 atom stereocenters. The number of hydrogen-bond acceptors (Lipinski definition) is 3. The van der Waals surface area contributed by atoms with Gasteiger partial charge in [0.1, 0.15) is 0 Å². The fourth-order valence-corrected chi connectivity index (χ4v) is 3.14. The third kappa shape index (κ3) is 3.97. The molecule has 0 radical (unpaired) electrons. The van der Waals surface area contributed by atoms with Gasteiger partial charge in [-0.1, -0.05) is 17.7 Å². The number of anilines is 1. The van der Waals surface area contributed by atoms with Crippen molar-refractivity contribution >= 4 is 17.6 Å². The Morgan fingerprint density at radius 3 is 2.70 bits per heavy atom. The quantitative estimate of drug-likeness (QED) is 0.734. The van der Waals surface area contributed by atoms with Crippen LogP contribution in [0.4, 0.5) is 23.7 Å². The van der Waals surface area contributed by atoms with Crippen molar-refractivity contribution in [2.45, 2.75) is 24.6 Å². The van der Waals surface area contributed by atoms with Crippen LogP contribution >= 0.6 is 0 Å². The zero-order valence-corrected chi connectivity index (χ0v) is 14.2. The van der Waals surface area contributed by atoms with E-state index in [2.05, 4.69) is 5.32 Å². The Morgan fingerprint density at radius 1 is 1.30 bits per heavy atom. The fraction of sp³-hybridized carbons (Fsp3) is 0.333. The summed E-state index contributed by atoms with van der Waals surface area (Å²) >= 11 is 0. The first-order valence-corrected chi connectivity index (χ1v) is 8.24. The van der Waals surface area contributed by atoms with Gasteiger partial charge in [-0.3, -0.25) is 4.79 Å². The molecule has 0 fully saturated rings. The summed E-state index contributed by atoms with van der Waals surface area (Å²) in [5.41, 5.74) is 4.32. The maximum Gasteiger partial charge on any atom is 0.416 e. The summed E-state index contributed by atoms with van der Waals surface area (Å²) in [6, 6.07) is 3.89. The lowest BCUT2D eigenvalue weighted by atomic mass is 9.82. The van der Waals surface area contributed by atoms with Crippen molar-refractivity contribution in [3.8, 4) is 0 Å². The molecule has 0 saturated carbocycles. The topological polar surface area (TPSA) is 95.7 Å². The van der Waals surface area contributed by atoms with Gasteiger partial charge in [-0.05, 0) is 36.3 Å². The molecule has 9 heteroatoms. The van der Waals surface area contributed by atoms with E-state index < -0.39 is 29.3 Å². The van der Waals surface area contributed by atoms with E-state index in [0.29, 0.717) is 13.0 Å². The van der Waals surface area contributed by atoms with Crippen molar-refractivity contribution in [1.82, 2.24) is 4.90 Å². The monoisotopic (exact) mass is 381 g/mol. The molecule has 1 aliphatic heterocycles. The summed E-state index contributed by atoms with van der Waals surface area (Å²) in [6.45, 7) is 0.539.